The molecule has 2 aromatic rings. The summed E-state index contributed by atoms with van der Waals surface area (Å²) in [6, 6.07) is 14.7. The second-order valence-electron chi connectivity index (χ2n) is 6.47. The van der Waals surface area contributed by atoms with Crippen molar-refractivity contribution in [2.45, 2.75) is 26.3 Å². The molecule has 0 aliphatic heterocycles. The molecule has 0 aromatic heterocycles. The van der Waals surface area contributed by atoms with Gasteiger partial charge in [-0.3, -0.25) is 9.59 Å². The Morgan fingerprint density at radius 3 is 2.50 bits per heavy atom. The van der Waals surface area contributed by atoms with Crippen molar-refractivity contribution in [3.63, 3.8) is 0 Å². The number of ether oxygens (including phenoxy) is 2. The van der Waals surface area contributed by atoms with Gasteiger partial charge in [0.25, 0.3) is 5.91 Å². The minimum absolute atomic E-state index is 0.0753. The molecule has 0 bridgehead atoms. The summed E-state index contributed by atoms with van der Waals surface area (Å²) >= 11 is 0. The molecule has 0 radical (unpaired) electrons. The maximum atomic E-state index is 12.4. The van der Waals surface area contributed by atoms with Crippen LogP contribution in [0.4, 0.5) is 0 Å². The fraction of sp³-hybridized carbons (Fsp3) is 0.333. The van der Waals surface area contributed by atoms with Crippen LogP contribution in [0.1, 0.15) is 42.2 Å². The van der Waals surface area contributed by atoms with E-state index in [-0.39, 0.29) is 18.6 Å². The van der Waals surface area contributed by atoms with Crippen LogP contribution in [-0.4, -0.2) is 25.9 Å². The average molecular weight is 355 g/mol. The molecule has 0 fully saturated rings. The van der Waals surface area contributed by atoms with Gasteiger partial charge in [-0.2, -0.15) is 0 Å². The Bertz CT molecular complexity index is 728. The van der Waals surface area contributed by atoms with Crippen LogP contribution in [0.15, 0.2) is 48.5 Å². The Kier molecular flexibility index (Phi) is 7.21. The van der Waals surface area contributed by atoms with Crippen molar-refractivity contribution < 1.29 is 19.1 Å². The van der Waals surface area contributed by atoms with Gasteiger partial charge in [-0.25, -0.2) is 0 Å². The monoisotopic (exact) mass is 355 g/mol. The first-order valence-electron chi connectivity index (χ1n) is 8.63. The van der Waals surface area contributed by atoms with Gasteiger partial charge in [-0.15, -0.1) is 0 Å². The van der Waals surface area contributed by atoms with Gasteiger partial charge in [0.1, 0.15) is 11.5 Å². The molecule has 0 saturated heterocycles. The van der Waals surface area contributed by atoms with E-state index in [4.69, 9.17) is 9.47 Å². The van der Waals surface area contributed by atoms with Gasteiger partial charge in [-0.05, 0) is 36.1 Å². The van der Waals surface area contributed by atoms with E-state index in [0.29, 0.717) is 29.3 Å². The topological polar surface area (TPSA) is 64.6 Å². The first-order chi connectivity index (χ1) is 12.5. The lowest BCUT2D eigenvalue weighted by Crippen LogP contribution is -2.33. The van der Waals surface area contributed by atoms with Gasteiger partial charge in [0.05, 0.1) is 18.7 Å². The number of methoxy groups -OCH3 is 1. The number of hydrogen-bond acceptors (Lipinski definition) is 4. The van der Waals surface area contributed by atoms with Crippen LogP contribution in [-0.2, 0) is 4.79 Å². The number of hydrogen-bond donors (Lipinski definition) is 1. The molecule has 26 heavy (non-hydrogen) atoms. The van der Waals surface area contributed by atoms with E-state index < -0.39 is 0 Å². The molecule has 0 saturated carbocycles. The molecule has 0 unspecified atom stereocenters. The third-order valence-corrected chi connectivity index (χ3v) is 3.95. The number of carbonyl (C=O) groups excluding carboxylic acids is 2. The van der Waals surface area contributed by atoms with Crippen LogP contribution >= 0.6 is 0 Å². The predicted molar refractivity (Wildman–Crippen MR) is 101 cm³/mol. The number of nitrogens with one attached hydrogen (secondary N) is 1. The molecule has 0 aliphatic carbocycles. The second-order valence-corrected chi connectivity index (χ2v) is 6.47. The first-order valence-corrected chi connectivity index (χ1v) is 8.63. The van der Waals surface area contributed by atoms with Gasteiger partial charge < -0.3 is 14.8 Å². The zero-order chi connectivity index (χ0) is 18.9. The Balaban J connectivity index is 2.01. The summed E-state index contributed by atoms with van der Waals surface area (Å²) in [5.74, 6) is 1.12. The zero-order valence-electron chi connectivity index (χ0n) is 15.4. The normalized spacial score (nSPS) is 11.7. The van der Waals surface area contributed by atoms with Crippen molar-refractivity contribution in [1.82, 2.24) is 5.32 Å². The average Bonchev–Trinajstić information content (AvgIpc) is 2.66. The van der Waals surface area contributed by atoms with Gasteiger partial charge in [0.2, 0.25) is 0 Å². The van der Waals surface area contributed by atoms with Crippen LogP contribution in [0.2, 0.25) is 0 Å². The molecule has 5 heteroatoms. The fourth-order valence-corrected chi connectivity index (χ4v) is 2.69. The highest BCUT2D eigenvalue weighted by atomic mass is 16.5. The molecular formula is C21H25NO4. The Morgan fingerprint density at radius 1 is 1.15 bits per heavy atom. The SMILES string of the molecule is COc1ccc(OCC(=O)N[C@@H](CC(C)C)c2ccccc2)c(C=O)c1. The molecule has 2 aromatic carbocycles. The minimum Gasteiger partial charge on any atom is -0.497 e. The number of rotatable bonds is 9. The second kappa shape index (κ2) is 9.61. The van der Waals surface area contributed by atoms with Crippen LogP contribution in [0, 0.1) is 5.92 Å². The van der Waals surface area contributed by atoms with Crippen molar-refractivity contribution in [3.05, 3.63) is 59.7 Å². The molecule has 0 aliphatic rings. The summed E-state index contributed by atoms with van der Waals surface area (Å²) in [5, 5.41) is 3.02. The standard InChI is InChI=1S/C21H25NO4/c1-15(2)11-19(16-7-5-4-6-8-16)22-21(24)14-26-20-10-9-18(25-3)12-17(20)13-23/h4-10,12-13,15,19H,11,14H2,1-3H3,(H,22,24)/t19-/m0/s1. The number of aldehydes is 1. The Hall–Kier alpha value is -2.82. The van der Waals surface area contributed by atoms with Gasteiger partial charge >= 0.3 is 0 Å². The van der Waals surface area contributed by atoms with Crippen LogP contribution < -0.4 is 14.8 Å². The molecule has 5 nitrogen and oxygen atoms in total. The van der Waals surface area contributed by atoms with E-state index in [0.717, 1.165) is 12.0 Å². The molecular weight excluding hydrogens is 330 g/mol. The van der Waals surface area contributed by atoms with Crippen LogP contribution in [0.3, 0.4) is 0 Å². The van der Waals surface area contributed by atoms with Crippen molar-refractivity contribution in [2.75, 3.05) is 13.7 Å². The number of carbonyl (C=O) groups is 2. The smallest absolute Gasteiger partial charge is 0.258 e. The van der Waals surface area contributed by atoms with E-state index in [1.54, 1.807) is 18.2 Å². The minimum atomic E-state index is -0.229. The Labute approximate surface area is 154 Å². The lowest BCUT2D eigenvalue weighted by Gasteiger charge is -2.21. The molecule has 0 heterocycles. The van der Waals surface area contributed by atoms with Gasteiger partial charge in [0, 0.05) is 0 Å². The maximum absolute atomic E-state index is 12.4. The van der Waals surface area contributed by atoms with Gasteiger partial charge in [0.15, 0.2) is 12.9 Å². The quantitative estimate of drug-likeness (QED) is 0.695. The summed E-state index contributed by atoms with van der Waals surface area (Å²) in [6.45, 7) is 4.08. The molecule has 2 rings (SSSR count). The molecule has 1 atom stereocenters. The highest BCUT2D eigenvalue weighted by Gasteiger charge is 2.17. The summed E-state index contributed by atoms with van der Waals surface area (Å²) in [6.07, 6.45) is 1.51. The van der Waals surface area contributed by atoms with Crippen molar-refractivity contribution in [2.24, 2.45) is 5.92 Å². The highest BCUT2D eigenvalue weighted by molar-refractivity contribution is 5.81. The maximum Gasteiger partial charge on any atom is 0.258 e. The van der Waals surface area contributed by atoms with E-state index in [9.17, 15) is 9.59 Å². The summed E-state index contributed by atoms with van der Waals surface area (Å²) in [7, 11) is 1.52. The lowest BCUT2D eigenvalue weighted by atomic mass is 9.97. The van der Waals surface area contributed by atoms with Crippen LogP contribution in [0.5, 0.6) is 11.5 Å². The van der Waals surface area contributed by atoms with E-state index >= 15 is 0 Å². The van der Waals surface area contributed by atoms with Crippen molar-refractivity contribution in [1.29, 1.82) is 0 Å². The van der Waals surface area contributed by atoms with E-state index in [2.05, 4.69) is 19.2 Å². The van der Waals surface area contributed by atoms with Crippen LogP contribution in [0.25, 0.3) is 0 Å². The fourth-order valence-electron chi connectivity index (χ4n) is 2.69. The number of amides is 1. The third kappa shape index (κ3) is 5.62. The van der Waals surface area contributed by atoms with Gasteiger partial charge in [-0.1, -0.05) is 44.2 Å². The first kappa shape index (κ1) is 19.5. The molecule has 138 valence electrons. The lowest BCUT2D eigenvalue weighted by molar-refractivity contribution is -0.124. The predicted octanol–water partition coefficient (Wildman–Crippen LogP) is 3.79. The van der Waals surface area contributed by atoms with E-state index in [1.807, 2.05) is 30.3 Å². The highest BCUT2D eigenvalue weighted by Crippen LogP contribution is 2.23. The summed E-state index contributed by atoms with van der Waals surface area (Å²) in [4.78, 5) is 23.5. The summed E-state index contributed by atoms with van der Waals surface area (Å²) < 4.78 is 10.6. The zero-order valence-corrected chi connectivity index (χ0v) is 15.4. The number of benzene rings is 2. The molecule has 1 N–H and O–H groups in total. The van der Waals surface area contributed by atoms with E-state index in [1.165, 1.54) is 7.11 Å². The van der Waals surface area contributed by atoms with Crippen molar-refractivity contribution in [3.8, 4) is 11.5 Å². The molecule has 0 spiro atoms. The largest absolute Gasteiger partial charge is 0.497 e. The van der Waals surface area contributed by atoms with Crippen molar-refractivity contribution >= 4 is 12.2 Å². The third-order valence-electron chi connectivity index (χ3n) is 3.95. The Morgan fingerprint density at radius 2 is 1.88 bits per heavy atom. The summed E-state index contributed by atoms with van der Waals surface area (Å²) in [5.41, 5.74) is 1.41. The molecule has 1 amide bonds.